The van der Waals surface area contributed by atoms with Crippen LogP contribution in [0.4, 0.5) is 5.69 Å². The highest BCUT2D eigenvalue weighted by atomic mass is 32.2. The summed E-state index contributed by atoms with van der Waals surface area (Å²) >= 11 is 1.71. The number of thioether (sulfide) groups is 1. The molecule has 1 N–H and O–H groups in total. The molecule has 1 amide bonds. The highest BCUT2D eigenvalue weighted by Gasteiger charge is 2.23. The molecule has 0 saturated heterocycles. The predicted molar refractivity (Wildman–Crippen MR) is 116 cm³/mol. The molecule has 6 nitrogen and oxygen atoms in total. The molecule has 0 fully saturated rings. The molecule has 0 aliphatic carbocycles. The van der Waals surface area contributed by atoms with E-state index < -0.39 is 10.0 Å². The molecule has 152 valence electrons. The van der Waals surface area contributed by atoms with Crippen LogP contribution in [0.2, 0.25) is 0 Å². The molecule has 0 aromatic heterocycles. The van der Waals surface area contributed by atoms with Crippen molar-refractivity contribution in [2.75, 3.05) is 36.5 Å². The maximum atomic E-state index is 12.3. The number of sulfonamides is 1. The van der Waals surface area contributed by atoms with Crippen LogP contribution < -0.4 is 14.4 Å². The molecular formula is C20H26N2O4S2. The number of nitrogens with one attached hydrogen (secondary N) is 1. The fourth-order valence-corrected chi connectivity index (χ4v) is 4.22. The van der Waals surface area contributed by atoms with Crippen molar-refractivity contribution in [1.82, 2.24) is 5.32 Å². The van der Waals surface area contributed by atoms with Crippen molar-refractivity contribution in [2.24, 2.45) is 0 Å². The van der Waals surface area contributed by atoms with Crippen molar-refractivity contribution >= 4 is 33.4 Å². The van der Waals surface area contributed by atoms with Crippen molar-refractivity contribution in [3.05, 3.63) is 59.7 Å². The number of aryl methyl sites for hydroxylation is 1. The topological polar surface area (TPSA) is 75.7 Å². The largest absolute Gasteiger partial charge is 0.495 e. The number of para-hydroxylation sites is 2. The van der Waals surface area contributed by atoms with Gasteiger partial charge in [0.15, 0.2) is 0 Å². The molecule has 28 heavy (non-hydrogen) atoms. The van der Waals surface area contributed by atoms with Crippen LogP contribution in [0, 0.1) is 6.92 Å². The zero-order chi connectivity index (χ0) is 20.6. The highest BCUT2D eigenvalue weighted by Crippen LogP contribution is 2.29. The Bertz CT molecular complexity index is 883. The van der Waals surface area contributed by atoms with Gasteiger partial charge in [-0.1, -0.05) is 42.0 Å². The first kappa shape index (κ1) is 22.1. The number of carbonyl (C=O) groups is 1. The van der Waals surface area contributed by atoms with Gasteiger partial charge in [0.05, 0.1) is 19.1 Å². The van der Waals surface area contributed by atoms with Gasteiger partial charge in [0.2, 0.25) is 15.9 Å². The van der Waals surface area contributed by atoms with Gasteiger partial charge in [-0.25, -0.2) is 8.42 Å². The van der Waals surface area contributed by atoms with Crippen molar-refractivity contribution in [3.8, 4) is 5.75 Å². The molecule has 2 aromatic rings. The summed E-state index contributed by atoms with van der Waals surface area (Å²) in [6.07, 6.45) is 1.07. The number of methoxy groups -OCH3 is 1. The minimum absolute atomic E-state index is 0.290. The minimum atomic E-state index is -3.63. The summed E-state index contributed by atoms with van der Waals surface area (Å²) in [5.41, 5.74) is 2.81. The van der Waals surface area contributed by atoms with Crippen LogP contribution in [0.5, 0.6) is 5.75 Å². The third kappa shape index (κ3) is 6.76. The van der Waals surface area contributed by atoms with Gasteiger partial charge in [-0.2, -0.15) is 11.8 Å². The van der Waals surface area contributed by atoms with E-state index in [1.165, 1.54) is 18.2 Å². The molecule has 0 bridgehead atoms. The van der Waals surface area contributed by atoms with Gasteiger partial charge in [0.1, 0.15) is 12.3 Å². The lowest BCUT2D eigenvalue weighted by atomic mass is 10.2. The smallest absolute Gasteiger partial charge is 0.240 e. The molecule has 2 aromatic carbocycles. The Morgan fingerprint density at radius 3 is 2.46 bits per heavy atom. The van der Waals surface area contributed by atoms with E-state index in [0.717, 1.165) is 22.1 Å². The Labute approximate surface area is 171 Å². The molecule has 8 heteroatoms. The zero-order valence-corrected chi connectivity index (χ0v) is 18.0. The molecule has 0 unspecified atom stereocenters. The second-order valence-electron chi connectivity index (χ2n) is 6.33. The predicted octanol–water partition coefficient (Wildman–Crippen LogP) is 2.82. The van der Waals surface area contributed by atoms with Crippen LogP contribution in [0.1, 0.15) is 11.1 Å². The first-order valence-electron chi connectivity index (χ1n) is 8.82. The second kappa shape index (κ2) is 10.4. The Balaban J connectivity index is 1.86. The van der Waals surface area contributed by atoms with E-state index in [-0.39, 0.29) is 12.5 Å². The number of carbonyl (C=O) groups excluding carboxylic acids is 1. The number of ether oxygens (including phenoxy) is 1. The van der Waals surface area contributed by atoms with Crippen molar-refractivity contribution < 1.29 is 17.9 Å². The lowest BCUT2D eigenvalue weighted by Gasteiger charge is -2.23. The van der Waals surface area contributed by atoms with E-state index in [0.29, 0.717) is 18.0 Å². The van der Waals surface area contributed by atoms with Crippen molar-refractivity contribution in [2.45, 2.75) is 12.7 Å². The first-order chi connectivity index (χ1) is 13.3. The monoisotopic (exact) mass is 422 g/mol. The van der Waals surface area contributed by atoms with E-state index >= 15 is 0 Å². The van der Waals surface area contributed by atoms with Crippen LogP contribution >= 0.6 is 11.8 Å². The number of nitrogens with zero attached hydrogens (tertiary/aromatic N) is 1. The van der Waals surface area contributed by atoms with Crippen LogP contribution in [0.15, 0.2) is 48.5 Å². The summed E-state index contributed by atoms with van der Waals surface area (Å²) in [5.74, 6) is 1.65. The molecule has 0 aliphatic rings. The Morgan fingerprint density at radius 1 is 1.14 bits per heavy atom. The maximum absolute atomic E-state index is 12.3. The van der Waals surface area contributed by atoms with Gasteiger partial charge in [0.25, 0.3) is 0 Å². The molecule has 0 atom stereocenters. The Kier molecular flexibility index (Phi) is 8.19. The van der Waals surface area contributed by atoms with Gasteiger partial charge in [0, 0.05) is 18.1 Å². The second-order valence-corrected chi connectivity index (χ2v) is 9.34. The van der Waals surface area contributed by atoms with Crippen LogP contribution in [0.3, 0.4) is 0 Å². The van der Waals surface area contributed by atoms with E-state index in [9.17, 15) is 13.2 Å². The van der Waals surface area contributed by atoms with Crippen LogP contribution in [-0.4, -0.2) is 46.5 Å². The number of rotatable bonds is 10. The van der Waals surface area contributed by atoms with Crippen LogP contribution in [-0.2, 0) is 20.6 Å². The van der Waals surface area contributed by atoms with Crippen LogP contribution in [0.25, 0.3) is 0 Å². The minimum Gasteiger partial charge on any atom is -0.495 e. The van der Waals surface area contributed by atoms with E-state index in [1.807, 2.05) is 0 Å². The quantitative estimate of drug-likeness (QED) is 0.596. The molecule has 0 aliphatic heterocycles. The highest BCUT2D eigenvalue weighted by molar-refractivity contribution is 7.98. The third-order valence-corrected chi connectivity index (χ3v) is 6.16. The summed E-state index contributed by atoms with van der Waals surface area (Å²) in [7, 11) is -2.17. The lowest BCUT2D eigenvalue weighted by molar-refractivity contribution is -0.119. The summed E-state index contributed by atoms with van der Waals surface area (Å²) in [6, 6.07) is 15.1. The van der Waals surface area contributed by atoms with Gasteiger partial charge in [-0.05, 0) is 24.6 Å². The van der Waals surface area contributed by atoms with Gasteiger partial charge in [-0.3, -0.25) is 9.10 Å². The molecule has 0 spiro atoms. The average molecular weight is 423 g/mol. The lowest BCUT2D eigenvalue weighted by Crippen LogP contribution is -2.41. The fraction of sp³-hybridized carbons (Fsp3) is 0.350. The van der Waals surface area contributed by atoms with Crippen molar-refractivity contribution in [3.63, 3.8) is 0 Å². The van der Waals surface area contributed by atoms with Crippen molar-refractivity contribution in [1.29, 1.82) is 0 Å². The molecule has 0 radical (unpaired) electrons. The number of hydrogen-bond donors (Lipinski definition) is 1. The van der Waals surface area contributed by atoms with Gasteiger partial charge >= 0.3 is 0 Å². The number of anilines is 1. The SMILES string of the molecule is COc1ccccc1N(CC(=O)NCCSCc1ccc(C)cc1)S(C)(=O)=O. The molecule has 0 saturated carbocycles. The fourth-order valence-electron chi connectivity index (χ4n) is 2.54. The Morgan fingerprint density at radius 2 is 1.82 bits per heavy atom. The average Bonchev–Trinajstić information content (AvgIpc) is 2.66. The van der Waals surface area contributed by atoms with E-state index in [2.05, 4.69) is 36.5 Å². The molecule has 2 rings (SSSR count). The first-order valence-corrected chi connectivity index (χ1v) is 11.8. The van der Waals surface area contributed by atoms with E-state index in [4.69, 9.17) is 4.74 Å². The number of benzene rings is 2. The summed E-state index contributed by atoms with van der Waals surface area (Å²) in [5, 5.41) is 2.78. The third-order valence-electron chi connectivity index (χ3n) is 4.00. The number of hydrogen-bond acceptors (Lipinski definition) is 5. The summed E-state index contributed by atoms with van der Waals surface area (Å²) < 4.78 is 30.6. The Hall–Kier alpha value is -2.19. The summed E-state index contributed by atoms with van der Waals surface area (Å²) in [4.78, 5) is 12.3. The molecular weight excluding hydrogens is 396 g/mol. The maximum Gasteiger partial charge on any atom is 0.240 e. The molecule has 0 heterocycles. The number of amides is 1. The van der Waals surface area contributed by atoms with Gasteiger partial charge < -0.3 is 10.1 Å². The summed E-state index contributed by atoms with van der Waals surface area (Å²) in [6.45, 7) is 2.23. The zero-order valence-electron chi connectivity index (χ0n) is 16.3. The normalized spacial score (nSPS) is 11.1. The standard InChI is InChI=1S/C20H26N2O4S2/c1-16-8-10-17(11-9-16)15-27-13-12-21-20(23)14-22(28(3,24)25)18-6-4-5-7-19(18)26-2/h4-11H,12-15H2,1-3H3,(H,21,23). The van der Waals surface area contributed by atoms with Gasteiger partial charge in [-0.15, -0.1) is 0 Å². The van der Waals surface area contributed by atoms with E-state index in [1.54, 1.807) is 36.0 Å².